The van der Waals surface area contributed by atoms with Crippen LogP contribution < -0.4 is 5.32 Å². The van der Waals surface area contributed by atoms with Crippen molar-refractivity contribution in [1.29, 1.82) is 0 Å². The van der Waals surface area contributed by atoms with Crippen molar-refractivity contribution in [3.05, 3.63) is 52.9 Å². The van der Waals surface area contributed by atoms with Crippen LogP contribution in [0.25, 0.3) is 0 Å². The molecule has 1 unspecified atom stereocenters. The van der Waals surface area contributed by atoms with Gasteiger partial charge in [-0.1, -0.05) is 35.9 Å². The van der Waals surface area contributed by atoms with Crippen molar-refractivity contribution < 1.29 is 9.53 Å². The van der Waals surface area contributed by atoms with E-state index < -0.39 is 6.10 Å². The fourth-order valence-corrected chi connectivity index (χ4v) is 2.35. The van der Waals surface area contributed by atoms with Gasteiger partial charge in [-0.3, -0.25) is 9.78 Å². The van der Waals surface area contributed by atoms with Gasteiger partial charge >= 0.3 is 0 Å². The molecule has 0 radical (unpaired) electrons. The zero-order valence-corrected chi connectivity index (χ0v) is 11.3. The summed E-state index contributed by atoms with van der Waals surface area (Å²) in [6, 6.07) is 7.77. The van der Waals surface area contributed by atoms with Crippen molar-refractivity contribution in [2.45, 2.75) is 12.5 Å². The average Bonchev–Trinajstić information content (AvgIpc) is 2.46. The fraction of sp³-hybridized carbons (Fsp3) is 0.214. The van der Waals surface area contributed by atoms with Crippen molar-refractivity contribution in [2.24, 2.45) is 0 Å². The molecule has 0 saturated heterocycles. The molecular formula is C14H12ClN3O2. The van der Waals surface area contributed by atoms with Gasteiger partial charge in [0.2, 0.25) is 0 Å². The lowest BCUT2D eigenvalue weighted by Crippen LogP contribution is -2.28. The lowest BCUT2D eigenvalue weighted by atomic mass is 9.97. The topological polar surface area (TPSA) is 64.1 Å². The number of nitrogens with one attached hydrogen (secondary N) is 1. The number of carbonyl (C=O) groups is 1. The number of halogens is 1. The van der Waals surface area contributed by atoms with Crippen molar-refractivity contribution in [2.75, 3.05) is 11.9 Å². The molecule has 6 heteroatoms. The molecule has 20 heavy (non-hydrogen) atoms. The van der Waals surface area contributed by atoms with E-state index in [0.717, 1.165) is 17.5 Å². The molecule has 1 aliphatic rings. The maximum Gasteiger partial charge on any atom is 0.259 e. The summed E-state index contributed by atoms with van der Waals surface area (Å²) < 4.78 is 5.58. The van der Waals surface area contributed by atoms with E-state index in [2.05, 4.69) is 15.3 Å². The Bertz CT molecular complexity index is 648. The lowest BCUT2D eigenvalue weighted by molar-refractivity contribution is -0.128. The van der Waals surface area contributed by atoms with Gasteiger partial charge in [0, 0.05) is 0 Å². The van der Waals surface area contributed by atoms with Crippen LogP contribution in [0.5, 0.6) is 0 Å². The van der Waals surface area contributed by atoms with Crippen LogP contribution in [0.3, 0.4) is 0 Å². The maximum atomic E-state index is 12.3. The molecule has 0 spiro atoms. The summed E-state index contributed by atoms with van der Waals surface area (Å²) in [5.41, 5.74) is 2.03. The Balaban J connectivity index is 1.82. The minimum Gasteiger partial charge on any atom is -0.363 e. The number of benzene rings is 1. The van der Waals surface area contributed by atoms with Gasteiger partial charge in [0.1, 0.15) is 5.15 Å². The van der Waals surface area contributed by atoms with E-state index in [0.29, 0.717) is 12.4 Å². The summed E-state index contributed by atoms with van der Waals surface area (Å²) in [5, 5.41) is 2.90. The van der Waals surface area contributed by atoms with Crippen molar-refractivity contribution >= 4 is 23.3 Å². The van der Waals surface area contributed by atoms with Crippen LogP contribution in [0, 0.1) is 0 Å². The Labute approximate surface area is 121 Å². The number of hydrogen-bond donors (Lipinski definition) is 1. The number of hydrogen-bond acceptors (Lipinski definition) is 4. The molecule has 2 aromatic rings. The Morgan fingerprint density at radius 3 is 3.05 bits per heavy atom. The highest BCUT2D eigenvalue weighted by atomic mass is 35.5. The zero-order chi connectivity index (χ0) is 13.9. The number of amides is 1. The lowest BCUT2D eigenvalue weighted by Gasteiger charge is -2.24. The Kier molecular flexibility index (Phi) is 3.62. The fourth-order valence-electron chi connectivity index (χ4n) is 2.21. The smallest absolute Gasteiger partial charge is 0.259 e. The van der Waals surface area contributed by atoms with E-state index in [-0.39, 0.29) is 11.1 Å². The van der Waals surface area contributed by atoms with E-state index in [1.165, 1.54) is 12.4 Å². The number of aromatic nitrogens is 2. The van der Waals surface area contributed by atoms with Gasteiger partial charge in [0.25, 0.3) is 5.91 Å². The highest BCUT2D eigenvalue weighted by Gasteiger charge is 2.27. The summed E-state index contributed by atoms with van der Waals surface area (Å²) in [4.78, 5) is 20.2. The largest absolute Gasteiger partial charge is 0.363 e. The number of anilines is 1. The number of nitrogens with zero attached hydrogens (tertiary/aromatic N) is 2. The zero-order valence-electron chi connectivity index (χ0n) is 10.5. The normalized spacial score (nSPS) is 17.4. The quantitative estimate of drug-likeness (QED) is 0.922. The second-order valence-electron chi connectivity index (χ2n) is 4.42. The van der Waals surface area contributed by atoms with E-state index in [1.807, 2.05) is 24.3 Å². The third-order valence-electron chi connectivity index (χ3n) is 3.09. The molecule has 0 bridgehead atoms. The molecule has 1 aromatic heterocycles. The van der Waals surface area contributed by atoms with Crippen LogP contribution >= 0.6 is 11.6 Å². The number of carbonyl (C=O) groups excluding carboxylic acids is 1. The molecule has 102 valence electrons. The summed E-state index contributed by atoms with van der Waals surface area (Å²) in [6.45, 7) is 0.524. The molecule has 5 nitrogen and oxygen atoms in total. The van der Waals surface area contributed by atoms with Crippen molar-refractivity contribution in [3.63, 3.8) is 0 Å². The first kappa shape index (κ1) is 13.0. The summed E-state index contributed by atoms with van der Waals surface area (Å²) in [6.07, 6.45) is 3.04. The molecule has 1 aliphatic heterocycles. The third kappa shape index (κ3) is 2.64. The van der Waals surface area contributed by atoms with E-state index in [1.54, 1.807) is 0 Å². The first-order chi connectivity index (χ1) is 9.74. The number of ether oxygens (including phenoxy) is 1. The maximum absolute atomic E-state index is 12.3. The van der Waals surface area contributed by atoms with Gasteiger partial charge < -0.3 is 10.1 Å². The molecule has 3 rings (SSSR count). The first-order valence-corrected chi connectivity index (χ1v) is 6.59. The van der Waals surface area contributed by atoms with Gasteiger partial charge in [-0.2, -0.15) is 0 Å². The molecule has 2 heterocycles. The number of rotatable bonds is 2. The van der Waals surface area contributed by atoms with Crippen LogP contribution in [0.15, 0.2) is 36.7 Å². The highest BCUT2D eigenvalue weighted by molar-refractivity contribution is 6.29. The molecule has 0 fully saturated rings. The molecule has 1 N–H and O–H groups in total. The first-order valence-electron chi connectivity index (χ1n) is 6.22. The molecule has 0 saturated carbocycles. The standard InChI is InChI=1S/C14H12ClN3O2/c15-11-7-16-8-12(17-11)18-14(19)13-10-4-2-1-3-9(10)5-6-20-13/h1-4,7-8,13H,5-6H2,(H,17,18,19). The Morgan fingerprint density at radius 2 is 2.20 bits per heavy atom. The third-order valence-corrected chi connectivity index (χ3v) is 3.27. The van der Waals surface area contributed by atoms with Gasteiger partial charge in [-0.05, 0) is 17.5 Å². The average molecular weight is 290 g/mol. The Hall–Kier alpha value is -1.98. The predicted octanol–water partition coefficient (Wildman–Crippen LogP) is 2.38. The second-order valence-corrected chi connectivity index (χ2v) is 4.80. The molecule has 0 aliphatic carbocycles. The van der Waals surface area contributed by atoms with E-state index >= 15 is 0 Å². The van der Waals surface area contributed by atoms with Crippen molar-refractivity contribution in [1.82, 2.24) is 9.97 Å². The number of fused-ring (bicyclic) bond motifs is 1. The Morgan fingerprint density at radius 1 is 1.35 bits per heavy atom. The minimum absolute atomic E-state index is 0.229. The monoisotopic (exact) mass is 289 g/mol. The van der Waals surface area contributed by atoms with E-state index in [4.69, 9.17) is 16.3 Å². The second kappa shape index (κ2) is 5.56. The molecule has 1 atom stereocenters. The van der Waals surface area contributed by atoms with Crippen LogP contribution in [0.4, 0.5) is 5.82 Å². The van der Waals surface area contributed by atoms with Crippen LogP contribution in [0.1, 0.15) is 17.2 Å². The van der Waals surface area contributed by atoms with Crippen molar-refractivity contribution in [3.8, 4) is 0 Å². The molecule has 1 aromatic carbocycles. The summed E-state index contributed by atoms with van der Waals surface area (Å²) in [7, 11) is 0. The predicted molar refractivity (Wildman–Crippen MR) is 74.5 cm³/mol. The van der Waals surface area contributed by atoms with Crippen LogP contribution in [0.2, 0.25) is 5.15 Å². The highest BCUT2D eigenvalue weighted by Crippen LogP contribution is 2.27. The van der Waals surface area contributed by atoms with Crippen LogP contribution in [-0.4, -0.2) is 22.5 Å². The summed E-state index contributed by atoms with van der Waals surface area (Å²) in [5.74, 6) is 0.0443. The van der Waals surface area contributed by atoms with Gasteiger partial charge in [-0.15, -0.1) is 0 Å². The SMILES string of the molecule is O=C(Nc1cncc(Cl)n1)C1OCCc2ccccc21. The van der Waals surface area contributed by atoms with Gasteiger partial charge in [0.05, 0.1) is 19.0 Å². The summed E-state index contributed by atoms with van der Waals surface area (Å²) >= 11 is 5.74. The minimum atomic E-state index is -0.624. The van der Waals surface area contributed by atoms with E-state index in [9.17, 15) is 4.79 Å². The molecule has 1 amide bonds. The van der Waals surface area contributed by atoms with Gasteiger partial charge in [-0.25, -0.2) is 4.98 Å². The molecular weight excluding hydrogens is 278 g/mol. The van der Waals surface area contributed by atoms with Gasteiger partial charge in [0.15, 0.2) is 11.9 Å². The van der Waals surface area contributed by atoms with Crippen LogP contribution in [-0.2, 0) is 16.0 Å².